The number of ether oxygens (including phenoxy) is 1. The molecule has 1 fully saturated rings. The first kappa shape index (κ1) is 23.0. The smallest absolute Gasteiger partial charge is 0.421 e. The number of sulfonamides is 1. The van der Waals surface area contributed by atoms with Gasteiger partial charge in [0.25, 0.3) is 10.0 Å². The van der Waals surface area contributed by atoms with Crippen molar-refractivity contribution in [3.8, 4) is 0 Å². The molecule has 8 nitrogen and oxygen atoms in total. The zero-order valence-corrected chi connectivity index (χ0v) is 18.3. The van der Waals surface area contributed by atoms with Gasteiger partial charge in [-0.05, 0) is 19.1 Å². The van der Waals surface area contributed by atoms with Crippen molar-refractivity contribution in [2.24, 2.45) is 4.99 Å². The van der Waals surface area contributed by atoms with Gasteiger partial charge in [0.05, 0.1) is 17.4 Å². The maximum Gasteiger partial charge on any atom is 0.421 e. The fourth-order valence-electron chi connectivity index (χ4n) is 2.29. The average molecular weight is 489 g/mol. The van der Waals surface area contributed by atoms with Gasteiger partial charge in [-0.25, -0.2) is 17.9 Å². The normalized spacial score (nSPS) is 21.4. The molecule has 1 amide bonds. The van der Waals surface area contributed by atoms with Crippen molar-refractivity contribution >= 4 is 61.6 Å². The number of hydrogen-bond acceptors (Lipinski definition) is 7. The number of aliphatic imine (C=N–C) groups is 1. The molecular formula is C14H19BrClN3O5S2. The van der Waals surface area contributed by atoms with Crippen LogP contribution in [0.2, 0.25) is 5.02 Å². The lowest BCUT2D eigenvalue weighted by Crippen LogP contribution is -2.42. The van der Waals surface area contributed by atoms with Crippen LogP contribution in [0.15, 0.2) is 28.1 Å². The van der Waals surface area contributed by atoms with E-state index in [1.54, 1.807) is 30.6 Å². The molecule has 1 aromatic rings. The Hall–Kier alpha value is -1.01. The third-order valence-corrected chi connectivity index (χ3v) is 6.67. The van der Waals surface area contributed by atoms with Crippen LogP contribution < -0.4 is 4.72 Å². The van der Waals surface area contributed by atoms with Crippen LogP contribution in [0.25, 0.3) is 0 Å². The van der Waals surface area contributed by atoms with Crippen molar-refractivity contribution in [3.63, 3.8) is 0 Å². The van der Waals surface area contributed by atoms with E-state index in [1.807, 2.05) is 0 Å². The summed E-state index contributed by atoms with van der Waals surface area (Å²) in [6.07, 6.45) is -1.10. The van der Waals surface area contributed by atoms with Crippen LogP contribution in [0.1, 0.15) is 12.5 Å². The Morgan fingerprint density at radius 2 is 2.19 bits per heavy atom. The second kappa shape index (κ2) is 8.79. The van der Waals surface area contributed by atoms with Crippen molar-refractivity contribution in [3.05, 3.63) is 28.8 Å². The van der Waals surface area contributed by atoms with E-state index in [0.29, 0.717) is 10.7 Å². The number of carbonyl (C=O) groups is 1. The molecule has 2 N–H and O–H groups in total. The third kappa shape index (κ3) is 4.45. The number of amides is 1. The van der Waals surface area contributed by atoms with E-state index in [9.17, 15) is 18.3 Å². The van der Waals surface area contributed by atoms with Crippen LogP contribution in [-0.2, 0) is 20.5 Å². The minimum atomic E-state index is -4.25. The summed E-state index contributed by atoms with van der Waals surface area (Å²) in [6.45, 7) is 1.58. The molecule has 0 radical (unpaired) electrons. The van der Waals surface area contributed by atoms with E-state index >= 15 is 0 Å². The fraction of sp³-hybridized carbons (Fsp3) is 0.429. The van der Waals surface area contributed by atoms with Crippen molar-refractivity contribution in [1.29, 1.82) is 0 Å². The molecule has 2 rings (SSSR count). The quantitative estimate of drug-likeness (QED) is 0.668. The second-order valence-corrected chi connectivity index (χ2v) is 8.14. The van der Waals surface area contributed by atoms with Gasteiger partial charge in [0.1, 0.15) is 4.90 Å². The van der Waals surface area contributed by atoms with Gasteiger partial charge in [-0.3, -0.25) is 4.99 Å². The van der Waals surface area contributed by atoms with E-state index < -0.39 is 21.8 Å². The third-order valence-electron chi connectivity index (χ3n) is 3.61. The van der Waals surface area contributed by atoms with Gasteiger partial charge >= 0.3 is 6.09 Å². The highest BCUT2D eigenvalue weighted by atomic mass is 79.9. The van der Waals surface area contributed by atoms with Crippen LogP contribution in [0, 0.1) is 0 Å². The molecule has 1 aliphatic heterocycles. The predicted molar refractivity (Wildman–Crippen MR) is 107 cm³/mol. The van der Waals surface area contributed by atoms with E-state index in [4.69, 9.17) is 11.6 Å². The van der Waals surface area contributed by atoms with E-state index in [1.165, 1.54) is 30.0 Å². The maximum atomic E-state index is 12.4. The minimum Gasteiger partial charge on any atom is -0.449 e. The molecule has 0 aromatic heterocycles. The zero-order valence-electron chi connectivity index (χ0n) is 14.2. The molecule has 1 saturated heterocycles. The minimum absolute atomic E-state index is 0. The molecule has 0 aliphatic carbocycles. The Kier molecular flexibility index (Phi) is 7.78. The maximum absolute atomic E-state index is 12.4. The summed E-state index contributed by atoms with van der Waals surface area (Å²) in [5.41, 5.74) is -1.13. The number of benzene rings is 1. The molecule has 1 aliphatic rings. The van der Waals surface area contributed by atoms with Gasteiger partial charge in [0.2, 0.25) is 0 Å². The molecule has 1 aromatic carbocycles. The Morgan fingerprint density at radius 3 is 2.73 bits per heavy atom. The lowest BCUT2D eigenvalue weighted by molar-refractivity contribution is -0.0349. The number of carbonyl (C=O) groups excluding carboxylic acids is 1. The molecule has 1 heterocycles. The second-order valence-electron chi connectivity index (χ2n) is 5.14. The summed E-state index contributed by atoms with van der Waals surface area (Å²) in [6, 6.07) is 4.12. The first-order valence-electron chi connectivity index (χ1n) is 7.21. The van der Waals surface area contributed by atoms with Crippen molar-refractivity contribution in [2.75, 3.05) is 26.5 Å². The van der Waals surface area contributed by atoms with Crippen LogP contribution in [0.4, 0.5) is 4.79 Å². The number of hydrogen-bond donors (Lipinski definition) is 2. The summed E-state index contributed by atoms with van der Waals surface area (Å²) < 4.78 is 31.1. The van der Waals surface area contributed by atoms with E-state index in [2.05, 4.69) is 9.73 Å². The molecule has 0 bridgehead atoms. The highest BCUT2D eigenvalue weighted by Gasteiger charge is 2.43. The summed E-state index contributed by atoms with van der Waals surface area (Å²) in [7, 11) is -0.993. The number of halogens is 2. The van der Waals surface area contributed by atoms with E-state index in [-0.39, 0.29) is 39.3 Å². The standard InChI is InChI=1S/C14H18ClN3O5S2.BrH/c1-4-23-13(19)17-25(21,22)11-7-9(5-6-10(11)15)14(20)8-24-12(16-2)18(14)3;/h5-7,20H,4,8H2,1-3H3,(H,17,19);1H. The Bertz CT molecular complexity index is 821. The number of nitrogens with one attached hydrogen (secondary N) is 1. The highest BCUT2D eigenvalue weighted by Crippen LogP contribution is 2.39. The van der Waals surface area contributed by atoms with Crippen LogP contribution in [-0.4, -0.2) is 56.1 Å². The lowest BCUT2D eigenvalue weighted by atomic mass is 10.0. The van der Waals surface area contributed by atoms with Crippen molar-refractivity contribution in [1.82, 2.24) is 9.62 Å². The molecular weight excluding hydrogens is 470 g/mol. The predicted octanol–water partition coefficient (Wildman–Crippen LogP) is 2.16. The monoisotopic (exact) mass is 487 g/mol. The van der Waals surface area contributed by atoms with Gasteiger partial charge in [-0.2, -0.15) is 0 Å². The molecule has 12 heteroatoms. The number of rotatable bonds is 4. The van der Waals surface area contributed by atoms with Gasteiger partial charge in [0.15, 0.2) is 10.9 Å². The van der Waals surface area contributed by atoms with Gasteiger partial charge < -0.3 is 14.7 Å². The van der Waals surface area contributed by atoms with Crippen molar-refractivity contribution in [2.45, 2.75) is 17.5 Å². The molecule has 146 valence electrons. The Morgan fingerprint density at radius 1 is 1.54 bits per heavy atom. The lowest BCUT2D eigenvalue weighted by Gasteiger charge is -2.31. The average Bonchev–Trinajstić information content (AvgIpc) is 2.83. The summed E-state index contributed by atoms with van der Waals surface area (Å²) in [5, 5.41) is 11.5. The first-order valence-corrected chi connectivity index (χ1v) is 10.1. The van der Waals surface area contributed by atoms with Crippen LogP contribution in [0.3, 0.4) is 0 Å². The molecule has 26 heavy (non-hydrogen) atoms. The van der Waals surface area contributed by atoms with Gasteiger partial charge in [-0.1, -0.05) is 29.4 Å². The van der Waals surface area contributed by atoms with Gasteiger partial charge in [0, 0.05) is 19.7 Å². The largest absolute Gasteiger partial charge is 0.449 e. The molecule has 0 saturated carbocycles. The summed E-state index contributed by atoms with van der Waals surface area (Å²) in [5.74, 6) is 0.266. The molecule has 1 atom stereocenters. The summed E-state index contributed by atoms with van der Waals surface area (Å²) in [4.78, 5) is 16.7. The molecule has 1 unspecified atom stereocenters. The van der Waals surface area contributed by atoms with Crippen LogP contribution >= 0.6 is 40.3 Å². The SMILES string of the molecule is Br.CCOC(=O)NS(=O)(=O)c1cc(C2(O)CSC(=NC)N2C)ccc1Cl. The number of amidine groups is 1. The first-order chi connectivity index (χ1) is 11.7. The van der Waals surface area contributed by atoms with E-state index in [0.717, 1.165) is 0 Å². The molecule has 0 spiro atoms. The topological polar surface area (TPSA) is 108 Å². The van der Waals surface area contributed by atoms with Crippen molar-refractivity contribution < 1.29 is 23.1 Å². The number of thioether (sulfide) groups is 1. The van der Waals surface area contributed by atoms with Crippen LogP contribution in [0.5, 0.6) is 0 Å². The number of aliphatic hydroxyl groups is 1. The van der Waals surface area contributed by atoms with Gasteiger partial charge in [-0.15, -0.1) is 17.0 Å². The Balaban J connectivity index is 0.00000338. The Labute approximate surface area is 171 Å². The fourth-order valence-corrected chi connectivity index (χ4v) is 4.87. The number of nitrogens with zero attached hydrogens (tertiary/aromatic N) is 2. The zero-order chi connectivity index (χ0) is 18.8. The summed E-state index contributed by atoms with van der Waals surface area (Å²) >= 11 is 7.33. The highest BCUT2D eigenvalue weighted by molar-refractivity contribution is 8.93.